The summed E-state index contributed by atoms with van der Waals surface area (Å²) < 4.78 is 3.68. The van der Waals surface area contributed by atoms with Crippen molar-refractivity contribution in [1.82, 2.24) is 0 Å². The Hall–Kier alpha value is -1.45. The number of nitrogens with one attached hydrogen (secondary N) is 1. The van der Waals surface area contributed by atoms with Gasteiger partial charge in [-0.25, -0.2) is 0 Å². The Kier molecular flexibility index (Phi) is 3.71. The number of halogens is 1. The van der Waals surface area contributed by atoms with E-state index in [9.17, 15) is 0 Å². The molecule has 0 radical (unpaired) electrons. The summed E-state index contributed by atoms with van der Waals surface area (Å²) in [6.07, 6.45) is 0. The van der Waals surface area contributed by atoms with E-state index in [2.05, 4.69) is 22.1 Å². The normalized spacial score (nSPS) is 10.0. The second-order valence-electron chi connectivity index (χ2n) is 3.58. The molecule has 0 spiro atoms. The highest BCUT2D eigenvalue weighted by Gasteiger charge is 2.04. The Morgan fingerprint density at radius 1 is 1.12 bits per heavy atom. The minimum Gasteiger partial charge on any atom is -0.388 e. The lowest BCUT2D eigenvalue weighted by Crippen LogP contribution is -1.87. The highest BCUT2D eigenvalue weighted by Crippen LogP contribution is 2.31. The first kappa shape index (κ1) is 12.0. The Morgan fingerprint density at radius 3 is 2.35 bits per heavy atom. The van der Waals surface area contributed by atoms with E-state index in [1.807, 2.05) is 43.4 Å². The zero-order valence-corrected chi connectivity index (χ0v) is 10.8. The van der Waals surface area contributed by atoms with Crippen molar-refractivity contribution in [3.63, 3.8) is 0 Å². The number of anilines is 1. The van der Waals surface area contributed by atoms with E-state index < -0.39 is 0 Å². The minimum absolute atomic E-state index is 0.660. The molecule has 0 saturated carbocycles. The van der Waals surface area contributed by atoms with Gasteiger partial charge in [-0.1, -0.05) is 29.8 Å². The van der Waals surface area contributed by atoms with E-state index in [4.69, 9.17) is 11.6 Å². The molecule has 0 bridgehead atoms. The predicted molar refractivity (Wildman–Crippen MR) is 75.9 cm³/mol. The number of hydrogen-bond donors (Lipinski definition) is 1. The van der Waals surface area contributed by atoms with Crippen LogP contribution in [0.25, 0.3) is 11.1 Å². The van der Waals surface area contributed by atoms with Crippen LogP contribution in [0, 0.1) is 0 Å². The predicted octanol–water partition coefficient (Wildman–Crippen LogP) is 4.41. The fraction of sp³-hybridized carbons (Fsp3) is 0.0769. The first-order valence-electron chi connectivity index (χ1n) is 5.15. The van der Waals surface area contributed by atoms with Crippen molar-refractivity contribution in [2.24, 2.45) is 4.36 Å². The summed E-state index contributed by atoms with van der Waals surface area (Å²) in [6, 6.07) is 13.6. The van der Waals surface area contributed by atoms with E-state index in [0.717, 1.165) is 16.8 Å². The zero-order valence-electron chi connectivity index (χ0n) is 9.27. The molecule has 0 amide bonds. The molecule has 0 aliphatic rings. The van der Waals surface area contributed by atoms with Crippen molar-refractivity contribution in [3.8, 4) is 11.1 Å². The van der Waals surface area contributed by atoms with Gasteiger partial charge >= 0.3 is 0 Å². The number of benzene rings is 2. The standard InChI is InChI=1S/C13H11ClN2S/c1-15-10-4-2-9(3-5-10)12-7-6-11(16-17)8-13(12)14/h2-8,15H,1H3. The van der Waals surface area contributed by atoms with Gasteiger partial charge in [-0.3, -0.25) is 0 Å². The average Bonchev–Trinajstić information content (AvgIpc) is 2.39. The second kappa shape index (κ2) is 5.25. The maximum Gasteiger partial charge on any atom is 0.0784 e. The van der Waals surface area contributed by atoms with E-state index >= 15 is 0 Å². The van der Waals surface area contributed by atoms with Crippen molar-refractivity contribution in [3.05, 3.63) is 47.5 Å². The highest BCUT2D eigenvalue weighted by atomic mass is 35.5. The van der Waals surface area contributed by atoms with Crippen LogP contribution in [0.15, 0.2) is 46.8 Å². The summed E-state index contributed by atoms with van der Waals surface area (Å²) in [4.78, 5) is 0. The quantitative estimate of drug-likeness (QED) is 0.886. The third-order valence-electron chi connectivity index (χ3n) is 2.54. The third-order valence-corrected chi connectivity index (χ3v) is 3.07. The summed E-state index contributed by atoms with van der Waals surface area (Å²) in [5.41, 5.74) is 3.84. The van der Waals surface area contributed by atoms with Crippen molar-refractivity contribution in [2.45, 2.75) is 0 Å². The van der Waals surface area contributed by atoms with Crippen LogP contribution < -0.4 is 5.32 Å². The molecule has 0 heterocycles. The first-order valence-corrected chi connectivity index (χ1v) is 5.90. The molecule has 0 saturated heterocycles. The van der Waals surface area contributed by atoms with Gasteiger partial charge in [-0.2, -0.15) is 4.36 Å². The molecule has 86 valence electrons. The zero-order chi connectivity index (χ0) is 12.3. The lowest BCUT2D eigenvalue weighted by molar-refractivity contribution is 1.50. The molecule has 0 aromatic heterocycles. The number of nitrogens with zero attached hydrogens (tertiary/aromatic N) is 1. The Labute approximate surface area is 111 Å². The van der Waals surface area contributed by atoms with Crippen LogP contribution in [0.3, 0.4) is 0 Å². The molecule has 2 aromatic carbocycles. The molecule has 0 aliphatic carbocycles. The largest absolute Gasteiger partial charge is 0.388 e. The van der Waals surface area contributed by atoms with Gasteiger partial charge in [0.25, 0.3) is 0 Å². The first-order chi connectivity index (χ1) is 8.24. The fourth-order valence-electron chi connectivity index (χ4n) is 1.61. The molecular formula is C13H11ClN2S. The third kappa shape index (κ3) is 2.62. The van der Waals surface area contributed by atoms with Crippen molar-refractivity contribution in [1.29, 1.82) is 0 Å². The van der Waals surface area contributed by atoms with E-state index in [0.29, 0.717) is 10.7 Å². The molecule has 2 aromatic rings. The summed E-state index contributed by atoms with van der Waals surface area (Å²) in [6.45, 7) is 0. The second-order valence-corrected chi connectivity index (χ2v) is 4.17. The van der Waals surface area contributed by atoms with Crippen molar-refractivity contribution < 1.29 is 0 Å². The molecule has 0 aliphatic heterocycles. The van der Waals surface area contributed by atoms with Crippen LogP contribution in [0.5, 0.6) is 0 Å². The molecule has 4 heteroatoms. The minimum atomic E-state index is 0.660. The van der Waals surface area contributed by atoms with Gasteiger partial charge in [-0.15, -0.1) is 0 Å². The lowest BCUT2D eigenvalue weighted by Gasteiger charge is -2.06. The summed E-state index contributed by atoms with van der Waals surface area (Å²) in [5.74, 6) is 0. The van der Waals surface area contributed by atoms with Gasteiger partial charge in [0.1, 0.15) is 0 Å². The molecule has 2 nitrogen and oxygen atoms in total. The maximum atomic E-state index is 6.19. The summed E-state index contributed by atoms with van der Waals surface area (Å²) in [5, 5.41) is 3.74. The van der Waals surface area contributed by atoms with Gasteiger partial charge in [0.15, 0.2) is 0 Å². The molecule has 17 heavy (non-hydrogen) atoms. The van der Waals surface area contributed by atoms with Gasteiger partial charge in [0, 0.05) is 30.7 Å². The maximum absolute atomic E-state index is 6.19. The van der Waals surface area contributed by atoms with Gasteiger partial charge in [0.2, 0.25) is 0 Å². The molecule has 0 unspecified atom stereocenters. The van der Waals surface area contributed by atoms with E-state index in [1.165, 1.54) is 0 Å². The smallest absolute Gasteiger partial charge is 0.0784 e. The summed E-state index contributed by atoms with van der Waals surface area (Å²) >= 11 is 10.8. The Balaban J connectivity index is 2.41. The SMILES string of the molecule is CNc1ccc(-c2ccc(N=S)cc2Cl)cc1. The van der Waals surface area contributed by atoms with Crippen molar-refractivity contribution >= 4 is 35.4 Å². The van der Waals surface area contributed by atoms with Crippen LogP contribution >= 0.6 is 11.6 Å². The number of hydrogen-bond acceptors (Lipinski definition) is 3. The van der Waals surface area contributed by atoms with Gasteiger partial charge < -0.3 is 5.32 Å². The Bertz CT molecular complexity index is 538. The fourth-order valence-corrected chi connectivity index (χ4v) is 2.01. The lowest BCUT2D eigenvalue weighted by atomic mass is 10.0. The van der Waals surface area contributed by atoms with Crippen LogP contribution in [0.2, 0.25) is 5.02 Å². The van der Waals surface area contributed by atoms with Crippen LogP contribution in [0.1, 0.15) is 0 Å². The molecule has 0 fully saturated rings. The van der Waals surface area contributed by atoms with Crippen LogP contribution in [-0.4, -0.2) is 7.05 Å². The van der Waals surface area contributed by atoms with Crippen LogP contribution in [0.4, 0.5) is 11.4 Å². The molecule has 2 rings (SSSR count). The van der Waals surface area contributed by atoms with E-state index in [1.54, 1.807) is 6.07 Å². The Morgan fingerprint density at radius 2 is 1.82 bits per heavy atom. The highest BCUT2D eigenvalue weighted by molar-refractivity contribution is 7.47. The topological polar surface area (TPSA) is 24.4 Å². The monoisotopic (exact) mass is 262 g/mol. The van der Waals surface area contributed by atoms with Gasteiger partial charge in [0.05, 0.1) is 10.7 Å². The summed E-state index contributed by atoms with van der Waals surface area (Å²) in [7, 11) is 1.89. The van der Waals surface area contributed by atoms with Crippen molar-refractivity contribution in [2.75, 3.05) is 12.4 Å². The van der Waals surface area contributed by atoms with E-state index in [-0.39, 0.29) is 0 Å². The molecule has 1 N–H and O–H groups in total. The van der Waals surface area contributed by atoms with Gasteiger partial charge in [-0.05, 0) is 29.8 Å². The molecule has 0 atom stereocenters. The average molecular weight is 263 g/mol. The number of rotatable bonds is 3. The molecular weight excluding hydrogens is 252 g/mol. The van der Waals surface area contributed by atoms with Crippen LogP contribution in [-0.2, 0) is 12.4 Å².